The number of likely N-dealkylation sites (tertiary alicyclic amines) is 1. The summed E-state index contributed by atoms with van der Waals surface area (Å²) >= 11 is 0. The SMILES string of the molecule is C=C1C(CCC2(C(F)F)CC2)C=C2N[C@@H](C)NC(N3C4CC5OC6C[C@@H]3C564)N12. The second-order valence-corrected chi connectivity index (χ2v) is 10.2. The number of hydrogen-bond acceptors (Lipinski definition) is 5. The van der Waals surface area contributed by atoms with E-state index in [4.69, 9.17) is 4.74 Å². The van der Waals surface area contributed by atoms with E-state index in [1.54, 1.807) is 0 Å². The Labute approximate surface area is 164 Å². The number of fused-ring (bicyclic) bond motifs is 1. The molecule has 3 saturated carbocycles. The first-order valence-corrected chi connectivity index (χ1v) is 10.9. The zero-order valence-electron chi connectivity index (χ0n) is 16.2. The molecule has 3 aliphatic carbocycles. The largest absolute Gasteiger partial charge is 0.373 e. The van der Waals surface area contributed by atoms with E-state index in [-0.39, 0.29) is 18.4 Å². The van der Waals surface area contributed by atoms with Crippen LogP contribution in [-0.4, -0.2) is 53.0 Å². The number of hydrogen-bond donors (Lipinski definition) is 2. The summed E-state index contributed by atoms with van der Waals surface area (Å²) in [7, 11) is 0. The fourth-order valence-corrected chi connectivity index (χ4v) is 7.22. The minimum Gasteiger partial charge on any atom is -0.373 e. The second-order valence-electron chi connectivity index (χ2n) is 10.2. The summed E-state index contributed by atoms with van der Waals surface area (Å²) in [6.07, 6.45) is 6.34. The Morgan fingerprint density at radius 1 is 1.29 bits per heavy atom. The number of rotatable bonds is 5. The van der Waals surface area contributed by atoms with Gasteiger partial charge in [-0.05, 0) is 51.5 Å². The summed E-state index contributed by atoms with van der Waals surface area (Å²) < 4.78 is 32.6. The minimum absolute atomic E-state index is 0.119. The third-order valence-electron chi connectivity index (χ3n) is 9.15. The first kappa shape index (κ1) is 16.6. The van der Waals surface area contributed by atoms with Crippen molar-refractivity contribution in [2.45, 2.75) is 88.6 Å². The van der Waals surface area contributed by atoms with Crippen LogP contribution in [0.4, 0.5) is 8.78 Å². The van der Waals surface area contributed by atoms with E-state index in [9.17, 15) is 8.78 Å². The lowest BCUT2D eigenvalue weighted by atomic mass is 9.36. The lowest BCUT2D eigenvalue weighted by Crippen LogP contribution is -3.00. The van der Waals surface area contributed by atoms with Crippen molar-refractivity contribution < 1.29 is 13.5 Å². The molecule has 28 heavy (non-hydrogen) atoms. The Hall–Kier alpha value is -1.18. The van der Waals surface area contributed by atoms with Crippen LogP contribution in [0.5, 0.6) is 0 Å². The van der Waals surface area contributed by atoms with Crippen LogP contribution in [0, 0.1) is 16.7 Å². The van der Waals surface area contributed by atoms with Crippen LogP contribution in [0.2, 0.25) is 0 Å². The zero-order valence-corrected chi connectivity index (χ0v) is 16.2. The second kappa shape index (κ2) is 4.93. The molecule has 4 aliphatic heterocycles. The molecular weight excluding hydrogens is 362 g/mol. The molecule has 7 rings (SSSR count). The lowest BCUT2D eigenvalue weighted by molar-refractivity contribution is -0.484. The molecule has 0 aromatic heterocycles. The van der Waals surface area contributed by atoms with Crippen molar-refractivity contribution in [1.29, 1.82) is 0 Å². The molecule has 7 heteroatoms. The van der Waals surface area contributed by atoms with Gasteiger partial charge in [0.05, 0.1) is 23.8 Å². The van der Waals surface area contributed by atoms with E-state index in [1.165, 1.54) is 0 Å². The summed E-state index contributed by atoms with van der Waals surface area (Å²) in [5, 5.41) is 7.24. The highest BCUT2D eigenvalue weighted by Gasteiger charge is 2.87. The molecule has 0 aromatic carbocycles. The highest BCUT2D eigenvalue weighted by atomic mass is 19.3. The minimum atomic E-state index is -2.19. The molecule has 5 nitrogen and oxygen atoms in total. The molecule has 0 radical (unpaired) electrons. The molecule has 3 saturated heterocycles. The quantitative estimate of drug-likeness (QED) is 0.755. The maximum Gasteiger partial charge on any atom is 0.244 e. The van der Waals surface area contributed by atoms with Crippen LogP contribution >= 0.6 is 0 Å². The molecule has 6 fully saturated rings. The van der Waals surface area contributed by atoms with Gasteiger partial charge in [-0.1, -0.05) is 6.58 Å². The molecule has 0 amide bonds. The van der Waals surface area contributed by atoms with Crippen LogP contribution in [0.15, 0.2) is 24.2 Å². The van der Waals surface area contributed by atoms with Gasteiger partial charge in [0.2, 0.25) is 6.43 Å². The summed E-state index contributed by atoms with van der Waals surface area (Å²) in [6, 6.07) is 1.25. The Morgan fingerprint density at radius 2 is 2.00 bits per heavy atom. The van der Waals surface area contributed by atoms with Crippen LogP contribution in [0.25, 0.3) is 0 Å². The molecule has 1 spiro atoms. The molecule has 7 aliphatic rings. The van der Waals surface area contributed by atoms with Gasteiger partial charge < -0.3 is 15.0 Å². The van der Waals surface area contributed by atoms with E-state index >= 15 is 0 Å². The molecule has 152 valence electrons. The summed E-state index contributed by atoms with van der Waals surface area (Å²) in [4.78, 5) is 4.95. The van der Waals surface area contributed by atoms with Gasteiger partial charge in [0.25, 0.3) is 0 Å². The Balaban J connectivity index is 1.11. The van der Waals surface area contributed by atoms with Gasteiger partial charge in [-0.25, -0.2) is 8.78 Å². The Bertz CT molecular complexity index is 773. The summed E-state index contributed by atoms with van der Waals surface area (Å²) in [5.41, 5.74) is 0.806. The van der Waals surface area contributed by atoms with E-state index in [0.717, 1.165) is 30.8 Å². The number of ether oxygens (including phenoxy) is 1. The number of nitrogens with zero attached hydrogens (tertiary/aromatic N) is 2. The third kappa shape index (κ3) is 1.67. The predicted octanol–water partition coefficient (Wildman–Crippen LogP) is 2.54. The van der Waals surface area contributed by atoms with Gasteiger partial charge in [0.15, 0.2) is 0 Å². The Morgan fingerprint density at radius 3 is 2.61 bits per heavy atom. The zero-order chi connectivity index (χ0) is 19.0. The van der Waals surface area contributed by atoms with Gasteiger partial charge in [0, 0.05) is 29.1 Å². The lowest BCUT2D eigenvalue weighted by Gasteiger charge is -2.88. The number of allylic oxidation sites excluding steroid dienone is 1. The average Bonchev–Trinajstić information content (AvgIpc) is 3.30. The molecule has 6 unspecified atom stereocenters. The first-order chi connectivity index (χ1) is 13.5. The van der Waals surface area contributed by atoms with Gasteiger partial charge in [-0.2, -0.15) is 0 Å². The molecule has 0 bridgehead atoms. The number of halogens is 2. The van der Waals surface area contributed by atoms with Crippen molar-refractivity contribution >= 4 is 0 Å². The smallest absolute Gasteiger partial charge is 0.244 e. The maximum absolute atomic E-state index is 13.3. The van der Waals surface area contributed by atoms with Crippen LogP contribution in [-0.2, 0) is 4.74 Å². The van der Waals surface area contributed by atoms with Gasteiger partial charge in [0.1, 0.15) is 12.1 Å². The maximum atomic E-state index is 13.3. The van der Waals surface area contributed by atoms with Gasteiger partial charge in [-0.15, -0.1) is 0 Å². The fourth-order valence-electron chi connectivity index (χ4n) is 7.22. The van der Waals surface area contributed by atoms with Gasteiger partial charge in [-0.3, -0.25) is 10.2 Å². The van der Waals surface area contributed by atoms with Crippen molar-refractivity contribution in [3.8, 4) is 0 Å². The molecule has 8 atom stereocenters. The van der Waals surface area contributed by atoms with Crippen molar-refractivity contribution in [3.05, 3.63) is 24.2 Å². The standard InChI is InChI=1S/C21H28F2N4O/c1-10-12(3-4-20(5-6-20)18(22)23)7-17-24-11(2)25-19(26(10)17)27-13-8-15-21(13)14(27)9-16(21)28-15/h7,11-16,18-19,24-25H,1,3-6,8-9H2,2H3/t11-,12?,13-,14?,15?,16?,19?,21?/m1/s1. The van der Waals surface area contributed by atoms with Crippen LogP contribution < -0.4 is 10.6 Å². The van der Waals surface area contributed by atoms with E-state index < -0.39 is 11.8 Å². The first-order valence-electron chi connectivity index (χ1n) is 10.9. The normalized spacial score (nSPS) is 51.6. The Kier molecular flexibility index (Phi) is 2.92. The molecule has 2 N–H and O–H groups in total. The van der Waals surface area contributed by atoms with Crippen molar-refractivity contribution in [3.63, 3.8) is 0 Å². The van der Waals surface area contributed by atoms with Gasteiger partial charge >= 0.3 is 0 Å². The van der Waals surface area contributed by atoms with E-state index in [0.29, 0.717) is 49.0 Å². The summed E-state index contributed by atoms with van der Waals surface area (Å²) in [5.74, 6) is 1.25. The van der Waals surface area contributed by atoms with Crippen molar-refractivity contribution in [2.24, 2.45) is 16.7 Å². The van der Waals surface area contributed by atoms with Crippen molar-refractivity contribution in [1.82, 2.24) is 20.4 Å². The summed E-state index contributed by atoms with van der Waals surface area (Å²) in [6.45, 7) is 6.55. The third-order valence-corrected chi connectivity index (χ3v) is 9.15. The fraction of sp³-hybridized carbons (Fsp3) is 0.810. The highest BCUT2D eigenvalue weighted by molar-refractivity contribution is 5.39. The molecule has 0 aromatic rings. The van der Waals surface area contributed by atoms with Crippen LogP contribution in [0.1, 0.15) is 45.4 Å². The van der Waals surface area contributed by atoms with Crippen LogP contribution in [0.3, 0.4) is 0 Å². The monoisotopic (exact) mass is 390 g/mol. The topological polar surface area (TPSA) is 39.8 Å². The van der Waals surface area contributed by atoms with E-state index in [2.05, 4.69) is 40.0 Å². The number of alkyl halides is 2. The van der Waals surface area contributed by atoms with E-state index in [1.807, 2.05) is 0 Å². The molecular formula is C21H28F2N4O. The predicted molar refractivity (Wildman–Crippen MR) is 98.7 cm³/mol. The average molecular weight is 390 g/mol. The molecule has 4 heterocycles. The van der Waals surface area contributed by atoms with Crippen molar-refractivity contribution in [2.75, 3.05) is 0 Å². The number of piperidine rings is 2. The highest BCUT2D eigenvalue weighted by Crippen LogP contribution is 2.76. The number of nitrogens with one attached hydrogen (secondary N) is 2.